The summed E-state index contributed by atoms with van der Waals surface area (Å²) in [5.41, 5.74) is 3.29. The van der Waals surface area contributed by atoms with E-state index in [2.05, 4.69) is 88.6 Å². The van der Waals surface area contributed by atoms with Gasteiger partial charge in [-0.1, -0.05) is 93.8 Å². The third kappa shape index (κ3) is 5.58. The molecule has 2 aliphatic rings. The normalized spacial score (nSPS) is 23.3. The summed E-state index contributed by atoms with van der Waals surface area (Å²) in [6, 6.07) is 14.0. The molecule has 32 heavy (non-hydrogen) atoms. The topological polar surface area (TPSA) is 24.1 Å². The predicted octanol–water partition coefficient (Wildman–Crippen LogP) is 7.82. The van der Waals surface area contributed by atoms with Crippen molar-refractivity contribution in [2.45, 2.75) is 101 Å². The zero-order valence-electron chi connectivity index (χ0n) is 21.2. The van der Waals surface area contributed by atoms with Crippen LogP contribution < -0.4 is 10.6 Å². The van der Waals surface area contributed by atoms with Crippen LogP contribution in [0.5, 0.6) is 0 Å². The van der Waals surface area contributed by atoms with Gasteiger partial charge >= 0.3 is 0 Å². The van der Waals surface area contributed by atoms with Gasteiger partial charge in [0.2, 0.25) is 0 Å². The van der Waals surface area contributed by atoms with Gasteiger partial charge in [0, 0.05) is 11.6 Å². The first-order valence-electron chi connectivity index (χ1n) is 12.6. The van der Waals surface area contributed by atoms with Crippen LogP contribution in [0, 0.1) is 0 Å². The van der Waals surface area contributed by atoms with E-state index in [1.54, 1.807) is 11.1 Å². The molecule has 0 amide bonds. The highest BCUT2D eigenvalue weighted by Gasteiger charge is 2.36. The lowest BCUT2D eigenvalue weighted by Crippen LogP contribution is -2.30. The molecule has 2 atom stereocenters. The Morgan fingerprint density at radius 2 is 1.38 bits per heavy atom. The number of hydrogen-bond acceptors (Lipinski definition) is 2. The van der Waals surface area contributed by atoms with Crippen LogP contribution in [0.3, 0.4) is 0 Å². The number of fused-ring (bicyclic) bond motifs is 1. The second-order valence-corrected chi connectivity index (χ2v) is 18.2. The van der Waals surface area contributed by atoms with E-state index >= 15 is 0 Å². The van der Waals surface area contributed by atoms with Gasteiger partial charge in [0.05, 0.1) is 0 Å². The SMILES string of the molecule is CC(C)(C)P(Cc1c(CP(C2CCCN2)C2CCCN2)ccc2ccccc12)C(C)(C)C. The minimum Gasteiger partial charge on any atom is -0.310 e. The van der Waals surface area contributed by atoms with Crippen LogP contribution in [-0.2, 0) is 12.3 Å². The molecule has 2 aliphatic heterocycles. The lowest BCUT2D eigenvalue weighted by molar-refractivity contribution is 0.702. The van der Waals surface area contributed by atoms with Crippen LogP contribution in [0.25, 0.3) is 10.8 Å². The van der Waals surface area contributed by atoms with E-state index in [1.165, 1.54) is 61.9 Å². The summed E-state index contributed by atoms with van der Waals surface area (Å²) < 4.78 is 0. The Bertz CT molecular complexity index is 870. The van der Waals surface area contributed by atoms with Crippen LogP contribution in [-0.4, -0.2) is 35.0 Å². The molecule has 2 saturated heterocycles. The maximum absolute atomic E-state index is 3.89. The van der Waals surface area contributed by atoms with E-state index in [1.807, 2.05) is 0 Å². The predicted molar refractivity (Wildman–Crippen MR) is 147 cm³/mol. The maximum Gasteiger partial charge on any atom is 0.0286 e. The molecule has 0 aromatic heterocycles. The summed E-state index contributed by atoms with van der Waals surface area (Å²) in [5, 5.41) is 11.4. The summed E-state index contributed by atoms with van der Waals surface area (Å²) in [6.07, 6.45) is 7.92. The highest BCUT2D eigenvalue weighted by atomic mass is 31.1. The molecule has 2 aromatic rings. The number of benzene rings is 2. The molecule has 0 spiro atoms. The molecule has 2 aromatic carbocycles. The van der Waals surface area contributed by atoms with Gasteiger partial charge in [-0.15, -0.1) is 0 Å². The number of nitrogens with one attached hydrogen (secondary N) is 2. The van der Waals surface area contributed by atoms with E-state index in [0.29, 0.717) is 10.3 Å². The Labute approximate surface area is 199 Å². The van der Waals surface area contributed by atoms with Crippen LogP contribution >= 0.6 is 15.8 Å². The Morgan fingerprint density at radius 3 is 1.91 bits per heavy atom. The van der Waals surface area contributed by atoms with Gasteiger partial charge in [-0.3, -0.25) is 0 Å². The molecule has 4 heteroatoms. The summed E-state index contributed by atoms with van der Waals surface area (Å²) >= 11 is 0. The van der Waals surface area contributed by atoms with Gasteiger partial charge in [-0.25, -0.2) is 0 Å². The fourth-order valence-corrected chi connectivity index (χ4v) is 12.9. The molecule has 2 nitrogen and oxygen atoms in total. The summed E-state index contributed by atoms with van der Waals surface area (Å²) in [7, 11) is -0.285. The van der Waals surface area contributed by atoms with E-state index in [4.69, 9.17) is 0 Å². The van der Waals surface area contributed by atoms with Gasteiger partial charge < -0.3 is 10.6 Å². The lowest BCUT2D eigenvalue weighted by Gasteiger charge is -2.42. The zero-order chi connectivity index (χ0) is 22.9. The lowest BCUT2D eigenvalue weighted by atomic mass is 10.0. The summed E-state index contributed by atoms with van der Waals surface area (Å²) in [4.78, 5) is 0. The summed E-state index contributed by atoms with van der Waals surface area (Å²) in [6.45, 7) is 17.2. The Hall–Kier alpha value is -0.520. The third-order valence-corrected chi connectivity index (χ3v) is 14.4. The van der Waals surface area contributed by atoms with Crippen LogP contribution in [0.2, 0.25) is 0 Å². The van der Waals surface area contributed by atoms with Gasteiger partial charge in [-0.05, 0) is 83.3 Å². The quantitative estimate of drug-likeness (QED) is 0.421. The molecule has 2 N–H and O–H groups in total. The first-order chi connectivity index (χ1) is 15.1. The Kier molecular flexibility index (Phi) is 7.68. The van der Waals surface area contributed by atoms with Gasteiger partial charge in [0.15, 0.2) is 0 Å². The van der Waals surface area contributed by atoms with E-state index < -0.39 is 0 Å². The highest BCUT2D eigenvalue weighted by molar-refractivity contribution is 7.60. The molecule has 176 valence electrons. The van der Waals surface area contributed by atoms with Gasteiger partial charge in [-0.2, -0.15) is 0 Å². The van der Waals surface area contributed by atoms with Crippen molar-refractivity contribution in [2.75, 3.05) is 13.1 Å². The average molecular weight is 471 g/mol. The molecular weight excluding hydrogens is 426 g/mol. The van der Waals surface area contributed by atoms with Crippen LogP contribution in [0.4, 0.5) is 0 Å². The molecule has 2 heterocycles. The van der Waals surface area contributed by atoms with E-state index in [9.17, 15) is 0 Å². The minimum absolute atomic E-state index is 0.107. The monoisotopic (exact) mass is 470 g/mol. The molecule has 0 saturated carbocycles. The van der Waals surface area contributed by atoms with Crippen molar-refractivity contribution in [1.29, 1.82) is 0 Å². The Balaban J connectivity index is 1.75. The molecule has 0 bridgehead atoms. The molecule has 0 radical (unpaired) electrons. The van der Waals surface area contributed by atoms with Crippen molar-refractivity contribution in [3.63, 3.8) is 0 Å². The largest absolute Gasteiger partial charge is 0.310 e. The van der Waals surface area contributed by atoms with Crippen molar-refractivity contribution in [2.24, 2.45) is 0 Å². The van der Waals surface area contributed by atoms with Crippen molar-refractivity contribution < 1.29 is 0 Å². The van der Waals surface area contributed by atoms with Crippen molar-refractivity contribution in [3.8, 4) is 0 Å². The molecule has 2 fully saturated rings. The first-order valence-corrected chi connectivity index (χ1v) is 15.8. The maximum atomic E-state index is 3.89. The third-order valence-electron chi connectivity index (χ3n) is 7.30. The highest BCUT2D eigenvalue weighted by Crippen LogP contribution is 2.62. The van der Waals surface area contributed by atoms with Crippen molar-refractivity contribution in [1.82, 2.24) is 10.6 Å². The number of hydrogen-bond donors (Lipinski definition) is 2. The standard InChI is InChI=1S/C28H44N2P2/c1-27(2,3)32(28(4,5)6)20-24-22(16-15-21-11-7-8-12-23(21)24)19-31(25-13-9-17-29-25)26-14-10-18-30-26/h7-8,11-12,15-16,25-26,29-30H,9-10,13-14,17-20H2,1-6H3. The van der Waals surface area contributed by atoms with Crippen molar-refractivity contribution >= 4 is 26.6 Å². The molecular formula is C28H44N2P2. The minimum atomic E-state index is -0.178. The van der Waals surface area contributed by atoms with Crippen LogP contribution in [0.1, 0.15) is 78.4 Å². The van der Waals surface area contributed by atoms with Gasteiger partial charge in [0.1, 0.15) is 0 Å². The first kappa shape index (κ1) is 24.6. The van der Waals surface area contributed by atoms with Crippen molar-refractivity contribution in [3.05, 3.63) is 47.5 Å². The zero-order valence-corrected chi connectivity index (χ0v) is 23.0. The fourth-order valence-electron chi connectivity index (χ4n) is 5.89. The fraction of sp³-hybridized carbons (Fsp3) is 0.643. The Morgan fingerprint density at radius 1 is 0.781 bits per heavy atom. The number of rotatable bonds is 6. The van der Waals surface area contributed by atoms with Crippen LogP contribution in [0.15, 0.2) is 36.4 Å². The van der Waals surface area contributed by atoms with Gasteiger partial charge in [0.25, 0.3) is 0 Å². The second-order valence-electron chi connectivity index (χ2n) is 11.7. The average Bonchev–Trinajstić information content (AvgIpc) is 3.43. The summed E-state index contributed by atoms with van der Waals surface area (Å²) in [5.74, 6) is 1.46. The van der Waals surface area contributed by atoms with E-state index in [0.717, 1.165) is 11.6 Å². The molecule has 2 unspecified atom stereocenters. The molecule has 0 aliphatic carbocycles. The smallest absolute Gasteiger partial charge is 0.0286 e. The second kappa shape index (κ2) is 10.00. The van der Waals surface area contributed by atoms with E-state index in [-0.39, 0.29) is 15.8 Å². The molecule has 4 rings (SSSR count).